The second-order valence-corrected chi connectivity index (χ2v) is 4.77. The fourth-order valence-electron chi connectivity index (χ4n) is 1.81. The lowest BCUT2D eigenvalue weighted by Gasteiger charge is -2.25. The molecule has 2 rings (SSSR count). The summed E-state index contributed by atoms with van der Waals surface area (Å²) < 4.78 is 0. The number of aliphatic hydroxyl groups excluding tert-OH is 1. The van der Waals surface area contributed by atoms with E-state index in [1.807, 2.05) is 43.1 Å². The van der Waals surface area contributed by atoms with E-state index in [0.717, 1.165) is 10.6 Å². The van der Waals surface area contributed by atoms with E-state index in [9.17, 15) is 0 Å². The van der Waals surface area contributed by atoms with Gasteiger partial charge < -0.3 is 10.0 Å². The van der Waals surface area contributed by atoms with Crippen LogP contribution >= 0.6 is 11.6 Å². The summed E-state index contributed by atoms with van der Waals surface area (Å²) in [5.74, 6) is 0.601. The molecule has 0 aliphatic heterocycles. The molecule has 0 saturated heterocycles. The van der Waals surface area contributed by atoms with E-state index in [-0.39, 0.29) is 12.6 Å². The first kappa shape index (κ1) is 13.8. The minimum atomic E-state index is -0.0515. The molecular weight excluding hydrogens is 262 g/mol. The van der Waals surface area contributed by atoms with Crippen molar-refractivity contribution in [3.05, 3.63) is 52.8 Å². The van der Waals surface area contributed by atoms with Crippen LogP contribution in [0.3, 0.4) is 0 Å². The van der Waals surface area contributed by atoms with Crippen molar-refractivity contribution in [2.24, 2.45) is 0 Å². The molecule has 0 amide bonds. The first-order valence-electron chi connectivity index (χ1n) is 6.02. The van der Waals surface area contributed by atoms with E-state index in [0.29, 0.717) is 11.5 Å². The number of anilines is 1. The number of benzene rings is 1. The molecule has 0 radical (unpaired) electrons. The SMILES string of the molecule is CC(c1ccccc1Cl)N(C)c1ncc(CO)cn1. The lowest BCUT2D eigenvalue weighted by molar-refractivity contribution is 0.281. The third-order valence-electron chi connectivity index (χ3n) is 3.13. The Morgan fingerprint density at radius 3 is 2.47 bits per heavy atom. The third kappa shape index (κ3) is 3.03. The number of hydrogen-bond acceptors (Lipinski definition) is 4. The number of rotatable bonds is 4. The van der Waals surface area contributed by atoms with Crippen molar-refractivity contribution < 1.29 is 5.11 Å². The molecule has 1 aromatic heterocycles. The molecule has 0 bridgehead atoms. The number of hydrogen-bond donors (Lipinski definition) is 1. The molecule has 1 atom stereocenters. The van der Waals surface area contributed by atoms with Crippen LogP contribution in [0.1, 0.15) is 24.1 Å². The Morgan fingerprint density at radius 1 is 1.26 bits per heavy atom. The van der Waals surface area contributed by atoms with Crippen molar-refractivity contribution in [3.63, 3.8) is 0 Å². The van der Waals surface area contributed by atoms with Crippen molar-refractivity contribution in [3.8, 4) is 0 Å². The Labute approximate surface area is 117 Å². The summed E-state index contributed by atoms with van der Waals surface area (Å²) >= 11 is 6.20. The van der Waals surface area contributed by atoms with E-state index >= 15 is 0 Å². The highest BCUT2D eigenvalue weighted by molar-refractivity contribution is 6.31. The molecule has 1 heterocycles. The second-order valence-electron chi connectivity index (χ2n) is 4.36. The summed E-state index contributed by atoms with van der Waals surface area (Å²) in [5, 5.41) is 9.71. The molecule has 1 aromatic carbocycles. The summed E-state index contributed by atoms with van der Waals surface area (Å²) in [6, 6.07) is 7.79. The first-order chi connectivity index (χ1) is 9.13. The lowest BCUT2D eigenvalue weighted by atomic mass is 10.1. The highest BCUT2D eigenvalue weighted by atomic mass is 35.5. The second kappa shape index (κ2) is 5.99. The Kier molecular flexibility index (Phi) is 4.35. The van der Waals surface area contributed by atoms with Gasteiger partial charge in [-0.05, 0) is 18.6 Å². The van der Waals surface area contributed by atoms with Crippen molar-refractivity contribution in [2.75, 3.05) is 11.9 Å². The van der Waals surface area contributed by atoms with Gasteiger partial charge in [0.25, 0.3) is 0 Å². The van der Waals surface area contributed by atoms with Gasteiger partial charge in [-0.3, -0.25) is 0 Å². The molecule has 100 valence electrons. The average molecular weight is 278 g/mol. The van der Waals surface area contributed by atoms with Crippen LogP contribution in [0.4, 0.5) is 5.95 Å². The van der Waals surface area contributed by atoms with E-state index in [2.05, 4.69) is 9.97 Å². The summed E-state index contributed by atoms with van der Waals surface area (Å²) in [7, 11) is 1.92. The molecule has 0 aliphatic carbocycles. The molecule has 0 fully saturated rings. The molecule has 0 saturated carbocycles. The van der Waals surface area contributed by atoms with E-state index in [4.69, 9.17) is 16.7 Å². The summed E-state index contributed by atoms with van der Waals surface area (Å²) in [5.41, 5.74) is 1.73. The normalized spacial score (nSPS) is 12.2. The van der Waals surface area contributed by atoms with Crippen LogP contribution in [-0.2, 0) is 6.61 Å². The van der Waals surface area contributed by atoms with Crippen LogP contribution in [0.15, 0.2) is 36.7 Å². The Morgan fingerprint density at radius 2 is 1.89 bits per heavy atom. The molecule has 0 aliphatic rings. The van der Waals surface area contributed by atoms with Gasteiger partial charge in [-0.15, -0.1) is 0 Å². The fraction of sp³-hybridized carbons (Fsp3) is 0.286. The van der Waals surface area contributed by atoms with Gasteiger partial charge in [-0.1, -0.05) is 29.8 Å². The topological polar surface area (TPSA) is 49.2 Å². The number of aromatic nitrogens is 2. The largest absolute Gasteiger partial charge is 0.392 e. The predicted octanol–water partition coefficient (Wildman–Crippen LogP) is 2.82. The van der Waals surface area contributed by atoms with Crippen LogP contribution in [-0.4, -0.2) is 22.1 Å². The van der Waals surface area contributed by atoms with Crippen LogP contribution in [0, 0.1) is 0 Å². The lowest BCUT2D eigenvalue weighted by Crippen LogP contribution is -2.24. The molecular formula is C14H16ClN3O. The number of nitrogens with zero attached hydrogens (tertiary/aromatic N) is 3. The van der Waals surface area contributed by atoms with Gasteiger partial charge in [0.15, 0.2) is 0 Å². The maximum atomic E-state index is 8.98. The molecule has 4 nitrogen and oxygen atoms in total. The van der Waals surface area contributed by atoms with Crippen molar-refractivity contribution >= 4 is 17.5 Å². The van der Waals surface area contributed by atoms with Crippen LogP contribution in [0.2, 0.25) is 5.02 Å². The maximum absolute atomic E-state index is 8.98. The van der Waals surface area contributed by atoms with Crippen molar-refractivity contribution in [1.82, 2.24) is 9.97 Å². The van der Waals surface area contributed by atoms with Gasteiger partial charge in [0.05, 0.1) is 12.6 Å². The molecule has 5 heteroatoms. The van der Waals surface area contributed by atoms with Gasteiger partial charge in [0, 0.05) is 30.0 Å². The molecule has 1 N–H and O–H groups in total. The van der Waals surface area contributed by atoms with Crippen molar-refractivity contribution in [1.29, 1.82) is 0 Å². The zero-order chi connectivity index (χ0) is 13.8. The van der Waals surface area contributed by atoms with Crippen molar-refractivity contribution in [2.45, 2.75) is 19.6 Å². The minimum Gasteiger partial charge on any atom is -0.392 e. The van der Waals surface area contributed by atoms with Gasteiger partial charge in [-0.2, -0.15) is 0 Å². The van der Waals surface area contributed by atoms with Gasteiger partial charge in [0.2, 0.25) is 5.95 Å². The average Bonchev–Trinajstić information content (AvgIpc) is 2.46. The van der Waals surface area contributed by atoms with Crippen LogP contribution in [0.25, 0.3) is 0 Å². The summed E-state index contributed by atoms with van der Waals surface area (Å²) in [6.45, 7) is 1.99. The van der Waals surface area contributed by atoms with Gasteiger partial charge in [0.1, 0.15) is 0 Å². The highest BCUT2D eigenvalue weighted by Gasteiger charge is 2.16. The number of halogens is 1. The summed E-state index contributed by atoms with van der Waals surface area (Å²) in [4.78, 5) is 10.4. The van der Waals surface area contributed by atoms with Gasteiger partial charge >= 0.3 is 0 Å². The summed E-state index contributed by atoms with van der Waals surface area (Å²) in [6.07, 6.45) is 3.25. The molecule has 2 aromatic rings. The Balaban J connectivity index is 2.23. The zero-order valence-corrected chi connectivity index (χ0v) is 11.7. The highest BCUT2D eigenvalue weighted by Crippen LogP contribution is 2.27. The molecule has 0 spiro atoms. The fourth-order valence-corrected chi connectivity index (χ4v) is 2.10. The zero-order valence-electron chi connectivity index (χ0n) is 10.9. The Bertz CT molecular complexity index is 545. The standard InChI is InChI=1S/C14H16ClN3O/c1-10(12-5-3-4-6-13(12)15)18(2)14-16-7-11(9-19)8-17-14/h3-8,10,19H,9H2,1-2H3. The maximum Gasteiger partial charge on any atom is 0.225 e. The van der Waals surface area contributed by atoms with Crippen LogP contribution < -0.4 is 4.90 Å². The van der Waals surface area contributed by atoms with E-state index < -0.39 is 0 Å². The first-order valence-corrected chi connectivity index (χ1v) is 6.40. The minimum absolute atomic E-state index is 0.0515. The molecule has 19 heavy (non-hydrogen) atoms. The van der Waals surface area contributed by atoms with Crippen LogP contribution in [0.5, 0.6) is 0 Å². The third-order valence-corrected chi connectivity index (χ3v) is 3.47. The van der Waals surface area contributed by atoms with E-state index in [1.54, 1.807) is 12.4 Å². The van der Waals surface area contributed by atoms with Gasteiger partial charge in [-0.25, -0.2) is 9.97 Å². The van der Waals surface area contributed by atoms with E-state index in [1.165, 1.54) is 0 Å². The number of aliphatic hydroxyl groups is 1. The Hall–Kier alpha value is -1.65. The molecule has 1 unspecified atom stereocenters. The predicted molar refractivity (Wildman–Crippen MR) is 76.2 cm³/mol. The monoisotopic (exact) mass is 277 g/mol. The smallest absolute Gasteiger partial charge is 0.225 e. The quantitative estimate of drug-likeness (QED) is 0.934.